The molecule has 0 aromatic heterocycles. The Hall–Kier alpha value is -1.15. The minimum atomic E-state index is -3.72. The summed E-state index contributed by atoms with van der Waals surface area (Å²) in [6.45, 7) is 3.13. The molecule has 2 N–H and O–H groups in total. The topological polar surface area (TPSA) is 89.7 Å². The van der Waals surface area contributed by atoms with Crippen molar-refractivity contribution in [1.82, 2.24) is 4.31 Å². The predicted octanol–water partition coefficient (Wildman–Crippen LogP) is 1.49. The second kappa shape index (κ2) is 6.16. The van der Waals surface area contributed by atoms with Crippen LogP contribution in [0.4, 0.5) is 0 Å². The lowest BCUT2D eigenvalue weighted by Gasteiger charge is -2.22. The summed E-state index contributed by atoms with van der Waals surface area (Å²) >= 11 is 5.94. The lowest BCUT2D eigenvalue weighted by atomic mass is 9.90. The van der Waals surface area contributed by atoms with E-state index in [1.54, 1.807) is 0 Å². The van der Waals surface area contributed by atoms with Gasteiger partial charge in [-0.15, -0.1) is 0 Å². The molecule has 6 nitrogen and oxygen atoms in total. The Labute approximate surface area is 135 Å². The molecule has 1 aromatic carbocycles. The smallest absolute Gasteiger partial charge is 0.337 e. The van der Waals surface area contributed by atoms with Crippen molar-refractivity contribution < 1.29 is 17.9 Å². The third-order valence-electron chi connectivity index (χ3n) is 3.95. The minimum absolute atomic E-state index is 0.0123. The summed E-state index contributed by atoms with van der Waals surface area (Å²) in [7, 11) is -2.49. The van der Waals surface area contributed by atoms with Gasteiger partial charge in [-0.25, -0.2) is 13.2 Å². The number of nitrogens with two attached hydrogens (primary N) is 1. The number of carbonyl (C=O) groups is 1. The van der Waals surface area contributed by atoms with E-state index in [9.17, 15) is 13.2 Å². The van der Waals surface area contributed by atoms with Crippen LogP contribution in [-0.4, -0.2) is 45.4 Å². The Morgan fingerprint density at radius 3 is 2.68 bits per heavy atom. The van der Waals surface area contributed by atoms with Crippen LogP contribution < -0.4 is 5.73 Å². The molecule has 0 bridgehead atoms. The molecule has 2 rings (SSSR count). The van der Waals surface area contributed by atoms with Crippen molar-refractivity contribution in [3.8, 4) is 0 Å². The number of sulfonamides is 1. The zero-order chi connectivity index (χ0) is 16.5. The summed E-state index contributed by atoms with van der Waals surface area (Å²) in [6, 6.07) is 3.99. The lowest BCUT2D eigenvalue weighted by Crippen LogP contribution is -2.34. The molecule has 22 heavy (non-hydrogen) atoms. The van der Waals surface area contributed by atoms with Crippen LogP contribution in [0.5, 0.6) is 0 Å². The molecule has 0 saturated carbocycles. The molecule has 122 valence electrons. The average Bonchev–Trinajstić information content (AvgIpc) is 2.89. The van der Waals surface area contributed by atoms with Gasteiger partial charge in [-0.2, -0.15) is 4.31 Å². The van der Waals surface area contributed by atoms with E-state index in [-0.39, 0.29) is 20.9 Å². The van der Waals surface area contributed by atoms with Crippen LogP contribution in [0.15, 0.2) is 23.1 Å². The van der Waals surface area contributed by atoms with Crippen LogP contribution in [0.25, 0.3) is 0 Å². The number of rotatable bonds is 4. The number of ether oxygens (including phenoxy) is 1. The van der Waals surface area contributed by atoms with E-state index >= 15 is 0 Å². The second-order valence-electron chi connectivity index (χ2n) is 5.77. The molecule has 1 saturated heterocycles. The molecular formula is C14H19ClN2O4S. The lowest BCUT2D eigenvalue weighted by molar-refractivity contribution is 0.0600. The third-order valence-corrected chi connectivity index (χ3v) is 5.99. The zero-order valence-electron chi connectivity index (χ0n) is 12.5. The molecule has 1 aliphatic rings. The monoisotopic (exact) mass is 346 g/mol. The molecule has 0 amide bonds. The van der Waals surface area contributed by atoms with E-state index in [4.69, 9.17) is 17.3 Å². The van der Waals surface area contributed by atoms with Crippen LogP contribution in [0.1, 0.15) is 23.7 Å². The van der Waals surface area contributed by atoms with Crippen LogP contribution >= 0.6 is 11.6 Å². The van der Waals surface area contributed by atoms with Crippen molar-refractivity contribution in [3.05, 3.63) is 28.8 Å². The van der Waals surface area contributed by atoms with Gasteiger partial charge in [0.15, 0.2) is 0 Å². The first-order valence-corrected chi connectivity index (χ1v) is 8.63. The summed E-state index contributed by atoms with van der Waals surface area (Å²) in [5.41, 5.74) is 5.59. The predicted molar refractivity (Wildman–Crippen MR) is 83.3 cm³/mol. The van der Waals surface area contributed by atoms with Crippen molar-refractivity contribution in [2.24, 2.45) is 11.1 Å². The van der Waals surface area contributed by atoms with Gasteiger partial charge < -0.3 is 10.5 Å². The van der Waals surface area contributed by atoms with E-state index in [2.05, 4.69) is 4.74 Å². The fraction of sp³-hybridized carbons (Fsp3) is 0.500. The SMILES string of the molecule is COC(=O)c1cc(Cl)cc(S(=O)(=O)N2CCC(C)(CN)C2)c1. The van der Waals surface area contributed by atoms with Crippen molar-refractivity contribution in [2.45, 2.75) is 18.2 Å². The fourth-order valence-corrected chi connectivity index (χ4v) is 4.41. The molecule has 1 fully saturated rings. The Bertz CT molecular complexity index is 692. The summed E-state index contributed by atoms with van der Waals surface area (Å²) in [6.07, 6.45) is 0.702. The number of hydrogen-bond donors (Lipinski definition) is 1. The first-order chi connectivity index (χ1) is 10.2. The molecule has 0 spiro atoms. The largest absolute Gasteiger partial charge is 0.465 e. The minimum Gasteiger partial charge on any atom is -0.465 e. The van der Waals surface area contributed by atoms with Crippen molar-refractivity contribution in [2.75, 3.05) is 26.7 Å². The van der Waals surface area contributed by atoms with E-state index in [0.29, 0.717) is 26.1 Å². The molecule has 8 heteroatoms. The van der Waals surface area contributed by atoms with Gasteiger partial charge in [-0.1, -0.05) is 18.5 Å². The highest BCUT2D eigenvalue weighted by Crippen LogP contribution is 2.33. The van der Waals surface area contributed by atoms with Gasteiger partial charge in [-0.3, -0.25) is 0 Å². The van der Waals surface area contributed by atoms with Gasteiger partial charge in [0.1, 0.15) is 0 Å². The maximum atomic E-state index is 12.7. The third kappa shape index (κ3) is 3.27. The highest BCUT2D eigenvalue weighted by molar-refractivity contribution is 7.89. The van der Waals surface area contributed by atoms with Crippen molar-refractivity contribution in [3.63, 3.8) is 0 Å². The van der Waals surface area contributed by atoms with Gasteiger partial charge in [0.2, 0.25) is 10.0 Å². The molecule has 1 aliphatic heterocycles. The maximum Gasteiger partial charge on any atom is 0.337 e. The normalized spacial score (nSPS) is 22.7. The Morgan fingerprint density at radius 2 is 2.14 bits per heavy atom. The molecule has 0 radical (unpaired) electrons. The standard InChI is InChI=1S/C14H19ClN2O4S/c1-14(8-16)3-4-17(9-14)22(19,20)12-6-10(13(18)21-2)5-11(15)7-12/h5-7H,3-4,8-9,16H2,1-2H3. The first kappa shape index (κ1) is 17.2. The van der Waals surface area contributed by atoms with Crippen LogP contribution in [0, 0.1) is 5.41 Å². The summed E-state index contributed by atoms with van der Waals surface area (Å²) in [5, 5.41) is 0.169. The van der Waals surface area contributed by atoms with E-state index in [1.807, 2.05) is 6.92 Å². The average molecular weight is 347 g/mol. The molecule has 1 aromatic rings. The fourth-order valence-electron chi connectivity index (χ4n) is 2.45. The summed E-state index contributed by atoms with van der Waals surface area (Å²) in [5.74, 6) is -0.632. The van der Waals surface area contributed by atoms with Crippen LogP contribution in [0.2, 0.25) is 5.02 Å². The Morgan fingerprint density at radius 1 is 1.45 bits per heavy atom. The summed E-state index contributed by atoms with van der Waals surface area (Å²) in [4.78, 5) is 11.6. The van der Waals surface area contributed by atoms with Gasteiger partial charge in [0.05, 0.1) is 17.6 Å². The molecular weight excluding hydrogens is 328 g/mol. The number of benzene rings is 1. The van der Waals surface area contributed by atoms with Crippen molar-refractivity contribution in [1.29, 1.82) is 0 Å². The van der Waals surface area contributed by atoms with Crippen LogP contribution in [-0.2, 0) is 14.8 Å². The van der Waals surface area contributed by atoms with E-state index in [0.717, 1.165) is 0 Å². The molecule has 1 unspecified atom stereocenters. The highest BCUT2D eigenvalue weighted by Gasteiger charge is 2.39. The number of esters is 1. The van der Waals surface area contributed by atoms with Crippen molar-refractivity contribution >= 4 is 27.6 Å². The molecule has 0 aliphatic carbocycles. The van der Waals surface area contributed by atoms with Gasteiger partial charge in [0.25, 0.3) is 0 Å². The highest BCUT2D eigenvalue weighted by atomic mass is 35.5. The second-order valence-corrected chi connectivity index (χ2v) is 8.14. The summed E-state index contributed by atoms with van der Waals surface area (Å²) < 4.78 is 31.4. The molecule has 1 atom stereocenters. The number of hydrogen-bond acceptors (Lipinski definition) is 5. The van der Waals surface area contributed by atoms with Crippen LogP contribution in [0.3, 0.4) is 0 Å². The number of carbonyl (C=O) groups excluding carboxylic acids is 1. The van der Waals surface area contributed by atoms with E-state index in [1.165, 1.54) is 29.6 Å². The van der Waals surface area contributed by atoms with E-state index < -0.39 is 16.0 Å². The van der Waals surface area contributed by atoms with Gasteiger partial charge in [0, 0.05) is 18.1 Å². The maximum absolute atomic E-state index is 12.7. The van der Waals surface area contributed by atoms with Gasteiger partial charge >= 0.3 is 5.97 Å². The quantitative estimate of drug-likeness (QED) is 0.834. The zero-order valence-corrected chi connectivity index (χ0v) is 14.1. The Balaban J connectivity index is 2.38. The number of halogens is 1. The molecule has 1 heterocycles. The first-order valence-electron chi connectivity index (χ1n) is 6.81. The number of nitrogens with zero attached hydrogens (tertiary/aromatic N) is 1. The number of methoxy groups -OCH3 is 1. The Kier molecular flexibility index (Phi) is 4.81. The van der Waals surface area contributed by atoms with Gasteiger partial charge in [-0.05, 0) is 36.6 Å².